The van der Waals surface area contributed by atoms with Gasteiger partial charge in [0.2, 0.25) is 0 Å². The van der Waals surface area contributed by atoms with Crippen LogP contribution in [0, 0.1) is 5.41 Å². The summed E-state index contributed by atoms with van der Waals surface area (Å²) in [6.07, 6.45) is 3.69. The molecule has 3 nitrogen and oxygen atoms in total. The Morgan fingerprint density at radius 1 is 0.846 bits per heavy atom. The summed E-state index contributed by atoms with van der Waals surface area (Å²) in [6.45, 7) is 5.67. The molecule has 2 fully saturated rings. The Kier molecular flexibility index (Phi) is 3.19. The average Bonchev–Trinajstić information content (AvgIpc) is 2.62. The zero-order valence-corrected chi connectivity index (χ0v) is 8.18. The summed E-state index contributed by atoms with van der Waals surface area (Å²) < 4.78 is 11.0. The second kappa shape index (κ2) is 4.40. The van der Waals surface area contributed by atoms with Crippen LogP contribution in [-0.4, -0.2) is 39.5 Å². The van der Waals surface area contributed by atoms with Gasteiger partial charge in [-0.1, -0.05) is 0 Å². The first-order valence-electron chi connectivity index (χ1n) is 5.28. The van der Waals surface area contributed by atoms with Crippen LogP contribution in [0.2, 0.25) is 0 Å². The molecule has 1 N–H and O–H groups in total. The lowest BCUT2D eigenvalue weighted by atomic mass is 9.81. The molecule has 0 aliphatic carbocycles. The van der Waals surface area contributed by atoms with Gasteiger partial charge in [0.1, 0.15) is 0 Å². The van der Waals surface area contributed by atoms with E-state index in [0.29, 0.717) is 5.41 Å². The molecule has 76 valence electrons. The largest absolute Gasteiger partial charge is 0.379 e. The Bertz CT molecular complexity index is 143. The van der Waals surface area contributed by atoms with Gasteiger partial charge in [-0.3, -0.25) is 0 Å². The van der Waals surface area contributed by atoms with Crippen molar-refractivity contribution in [1.82, 2.24) is 5.32 Å². The highest BCUT2D eigenvalue weighted by atomic mass is 16.5. The number of hydrogen-bond acceptors (Lipinski definition) is 3. The fraction of sp³-hybridized carbons (Fsp3) is 1.00. The van der Waals surface area contributed by atoms with Crippen LogP contribution in [0.25, 0.3) is 0 Å². The molecule has 0 amide bonds. The summed E-state index contributed by atoms with van der Waals surface area (Å²) >= 11 is 0. The topological polar surface area (TPSA) is 30.5 Å². The molecule has 1 spiro atoms. The number of ether oxygens (including phenoxy) is 2. The maximum Gasteiger partial charge on any atom is 0.0700 e. The van der Waals surface area contributed by atoms with E-state index in [4.69, 9.17) is 9.47 Å². The predicted molar refractivity (Wildman–Crippen MR) is 50.8 cm³/mol. The smallest absolute Gasteiger partial charge is 0.0700 e. The van der Waals surface area contributed by atoms with Crippen LogP contribution in [0.15, 0.2) is 0 Å². The van der Waals surface area contributed by atoms with Crippen LogP contribution < -0.4 is 5.32 Å². The van der Waals surface area contributed by atoms with Crippen molar-refractivity contribution in [3.8, 4) is 0 Å². The highest BCUT2D eigenvalue weighted by Gasteiger charge is 2.33. The molecule has 0 atom stereocenters. The van der Waals surface area contributed by atoms with Crippen molar-refractivity contribution in [2.24, 2.45) is 5.41 Å². The van der Waals surface area contributed by atoms with Crippen LogP contribution in [0.3, 0.4) is 0 Å². The molecule has 0 radical (unpaired) electrons. The maximum absolute atomic E-state index is 5.49. The van der Waals surface area contributed by atoms with Crippen molar-refractivity contribution in [2.45, 2.75) is 19.3 Å². The monoisotopic (exact) mass is 185 g/mol. The van der Waals surface area contributed by atoms with Crippen molar-refractivity contribution < 1.29 is 9.47 Å². The lowest BCUT2D eigenvalue weighted by Crippen LogP contribution is -2.26. The lowest BCUT2D eigenvalue weighted by Gasteiger charge is -2.26. The zero-order chi connectivity index (χ0) is 8.99. The third-order valence-corrected chi connectivity index (χ3v) is 3.26. The van der Waals surface area contributed by atoms with E-state index >= 15 is 0 Å². The van der Waals surface area contributed by atoms with Gasteiger partial charge in [-0.2, -0.15) is 0 Å². The molecule has 0 saturated carbocycles. The molecule has 3 heteroatoms. The van der Waals surface area contributed by atoms with Gasteiger partial charge in [0, 0.05) is 19.8 Å². The molecule has 0 aromatic rings. The fourth-order valence-electron chi connectivity index (χ4n) is 2.25. The Balaban J connectivity index is 1.90. The second-order valence-corrected chi connectivity index (χ2v) is 4.15. The van der Waals surface area contributed by atoms with Gasteiger partial charge >= 0.3 is 0 Å². The standard InChI is InChI=1S/C10H19NO2/c1-4-11-9-10(1)2-5-12-7-8-13-6-3-10/h11H,1-9H2. The number of hydrogen-bond donors (Lipinski definition) is 1. The van der Waals surface area contributed by atoms with Crippen LogP contribution in [-0.2, 0) is 9.47 Å². The van der Waals surface area contributed by atoms with E-state index in [1.807, 2.05) is 0 Å². The van der Waals surface area contributed by atoms with Gasteiger partial charge in [-0.25, -0.2) is 0 Å². The SMILES string of the molecule is C1CC2(CCOCCOCC2)CN1. The van der Waals surface area contributed by atoms with E-state index in [9.17, 15) is 0 Å². The normalized spacial score (nSPS) is 29.5. The van der Waals surface area contributed by atoms with Gasteiger partial charge in [-0.05, 0) is 31.2 Å². The molecular weight excluding hydrogens is 166 g/mol. The van der Waals surface area contributed by atoms with E-state index in [1.54, 1.807) is 0 Å². The third kappa shape index (κ3) is 2.42. The first-order valence-corrected chi connectivity index (χ1v) is 5.28. The van der Waals surface area contributed by atoms with Gasteiger partial charge in [0.15, 0.2) is 0 Å². The zero-order valence-electron chi connectivity index (χ0n) is 8.18. The van der Waals surface area contributed by atoms with Crippen molar-refractivity contribution in [3.05, 3.63) is 0 Å². The second-order valence-electron chi connectivity index (χ2n) is 4.15. The molecule has 0 unspecified atom stereocenters. The minimum atomic E-state index is 0.477. The van der Waals surface area contributed by atoms with Gasteiger partial charge < -0.3 is 14.8 Å². The molecule has 0 aromatic heterocycles. The predicted octanol–water partition coefficient (Wildman–Crippen LogP) is 0.793. The fourth-order valence-corrected chi connectivity index (χ4v) is 2.25. The summed E-state index contributed by atoms with van der Waals surface area (Å²) in [7, 11) is 0. The Morgan fingerprint density at radius 2 is 1.54 bits per heavy atom. The molecule has 2 saturated heterocycles. The highest BCUT2D eigenvalue weighted by molar-refractivity contribution is 4.87. The highest BCUT2D eigenvalue weighted by Crippen LogP contribution is 2.33. The van der Waals surface area contributed by atoms with Crippen molar-refractivity contribution >= 4 is 0 Å². The van der Waals surface area contributed by atoms with Crippen LogP contribution in [0.1, 0.15) is 19.3 Å². The van der Waals surface area contributed by atoms with Gasteiger partial charge in [0.25, 0.3) is 0 Å². The minimum Gasteiger partial charge on any atom is -0.379 e. The van der Waals surface area contributed by atoms with Crippen LogP contribution >= 0.6 is 0 Å². The van der Waals surface area contributed by atoms with Crippen molar-refractivity contribution in [1.29, 1.82) is 0 Å². The minimum absolute atomic E-state index is 0.477. The summed E-state index contributed by atoms with van der Waals surface area (Å²) in [6, 6.07) is 0. The van der Waals surface area contributed by atoms with Crippen molar-refractivity contribution in [3.63, 3.8) is 0 Å². The maximum atomic E-state index is 5.49. The van der Waals surface area contributed by atoms with Crippen LogP contribution in [0.5, 0.6) is 0 Å². The molecule has 2 aliphatic rings. The third-order valence-electron chi connectivity index (χ3n) is 3.26. The van der Waals surface area contributed by atoms with E-state index < -0.39 is 0 Å². The van der Waals surface area contributed by atoms with E-state index in [0.717, 1.165) is 33.0 Å². The molecule has 2 rings (SSSR count). The van der Waals surface area contributed by atoms with Crippen LogP contribution in [0.4, 0.5) is 0 Å². The van der Waals surface area contributed by atoms with Gasteiger partial charge in [-0.15, -0.1) is 0 Å². The average molecular weight is 185 g/mol. The van der Waals surface area contributed by atoms with E-state index in [-0.39, 0.29) is 0 Å². The number of nitrogens with one attached hydrogen (secondary N) is 1. The Morgan fingerprint density at radius 3 is 2.08 bits per heavy atom. The summed E-state index contributed by atoms with van der Waals surface area (Å²) in [5.41, 5.74) is 0.477. The molecule has 13 heavy (non-hydrogen) atoms. The molecule has 0 bridgehead atoms. The Hall–Kier alpha value is -0.120. The summed E-state index contributed by atoms with van der Waals surface area (Å²) in [5, 5.41) is 3.44. The Labute approximate surface area is 79.8 Å². The first-order chi connectivity index (χ1) is 6.41. The molecular formula is C10H19NO2. The number of rotatable bonds is 0. The lowest BCUT2D eigenvalue weighted by molar-refractivity contribution is 0.0584. The van der Waals surface area contributed by atoms with E-state index in [1.165, 1.54) is 25.8 Å². The van der Waals surface area contributed by atoms with Crippen molar-refractivity contribution in [2.75, 3.05) is 39.5 Å². The quantitative estimate of drug-likeness (QED) is 0.605. The van der Waals surface area contributed by atoms with E-state index in [2.05, 4.69) is 5.32 Å². The first kappa shape index (κ1) is 9.44. The van der Waals surface area contributed by atoms with Gasteiger partial charge in [0.05, 0.1) is 13.2 Å². The summed E-state index contributed by atoms with van der Waals surface area (Å²) in [4.78, 5) is 0. The summed E-state index contributed by atoms with van der Waals surface area (Å²) in [5.74, 6) is 0. The molecule has 2 heterocycles. The molecule has 2 aliphatic heterocycles. The molecule has 0 aromatic carbocycles.